The van der Waals surface area contributed by atoms with Crippen LogP contribution < -0.4 is 0 Å². The van der Waals surface area contributed by atoms with E-state index in [-0.39, 0.29) is 0 Å². The van der Waals surface area contributed by atoms with Gasteiger partial charge in [0.05, 0.1) is 6.54 Å². The molecule has 1 aromatic heterocycles. The molecule has 1 aromatic carbocycles. The van der Waals surface area contributed by atoms with Crippen molar-refractivity contribution < 1.29 is 0 Å². The molecule has 0 radical (unpaired) electrons. The Morgan fingerprint density at radius 1 is 1.06 bits per heavy atom. The van der Waals surface area contributed by atoms with Crippen molar-refractivity contribution in [3.63, 3.8) is 0 Å². The molecule has 0 amide bonds. The fraction of sp³-hybridized carbons (Fsp3) is 0.308. The van der Waals surface area contributed by atoms with Crippen LogP contribution in [0.15, 0.2) is 47.6 Å². The Morgan fingerprint density at radius 2 is 1.75 bits per heavy atom. The number of benzene rings is 1. The number of aromatic nitrogens is 2. The van der Waals surface area contributed by atoms with E-state index in [9.17, 15) is 0 Å². The maximum absolute atomic E-state index is 4.63. The lowest BCUT2D eigenvalue weighted by molar-refractivity contribution is 0.665. The molecule has 0 spiro atoms. The molecule has 1 heterocycles. The van der Waals surface area contributed by atoms with Crippen molar-refractivity contribution in [2.75, 3.05) is 18.8 Å². The van der Waals surface area contributed by atoms with Crippen LogP contribution in [0.4, 0.5) is 0 Å². The summed E-state index contributed by atoms with van der Waals surface area (Å²) in [7, 11) is -0.706. The summed E-state index contributed by atoms with van der Waals surface area (Å²) in [5, 5.41) is 5.86. The third kappa shape index (κ3) is 2.67. The number of nitrogens with zero attached hydrogens (tertiary/aromatic N) is 2. The van der Waals surface area contributed by atoms with Gasteiger partial charge in [0.25, 0.3) is 0 Å². The first-order chi connectivity index (χ1) is 7.55. The minimum atomic E-state index is -0.706. The average molecular weight is 234 g/mol. The van der Waals surface area contributed by atoms with Gasteiger partial charge in [-0.25, -0.2) is 10.0 Å². The normalized spacial score (nSPS) is 12.7. The summed E-state index contributed by atoms with van der Waals surface area (Å²) in [6.45, 7) is 0.857. The zero-order valence-corrected chi connectivity index (χ0v) is 10.9. The van der Waals surface area contributed by atoms with Crippen LogP contribution in [0, 0.1) is 0 Å². The Labute approximate surface area is 98.6 Å². The Hall–Kier alpha value is -1.22. The summed E-state index contributed by atoms with van der Waals surface area (Å²) in [6, 6.07) is 12.6. The van der Waals surface area contributed by atoms with Crippen LogP contribution in [0.25, 0.3) is 0 Å². The van der Waals surface area contributed by atoms with Gasteiger partial charge in [-0.15, -0.1) is 0 Å². The van der Waals surface area contributed by atoms with Gasteiger partial charge >= 0.3 is 0 Å². The lowest BCUT2D eigenvalue weighted by Crippen LogP contribution is -2.02. The van der Waals surface area contributed by atoms with E-state index in [1.54, 1.807) is 0 Å². The minimum absolute atomic E-state index is 0.706. The average Bonchev–Trinajstić information content (AvgIpc) is 2.67. The van der Waals surface area contributed by atoms with Gasteiger partial charge in [-0.2, -0.15) is 5.10 Å². The van der Waals surface area contributed by atoms with Crippen molar-refractivity contribution in [1.82, 2.24) is 9.78 Å². The highest BCUT2D eigenvalue weighted by Gasteiger charge is 2.11. The fourth-order valence-corrected chi connectivity index (χ4v) is 2.35. The first-order valence-electron chi connectivity index (χ1n) is 5.31. The Bertz CT molecular complexity index is 454. The fourth-order valence-electron chi connectivity index (χ4n) is 1.53. The third-order valence-electron chi connectivity index (χ3n) is 2.43. The quantitative estimate of drug-likeness (QED) is 0.798. The van der Waals surface area contributed by atoms with Crippen LogP contribution in [0.2, 0.25) is 0 Å². The molecule has 0 saturated heterocycles. The van der Waals surface area contributed by atoms with Crippen LogP contribution in [0.3, 0.4) is 0 Å². The van der Waals surface area contributed by atoms with Gasteiger partial charge < -0.3 is 0 Å². The van der Waals surface area contributed by atoms with E-state index in [1.807, 2.05) is 10.7 Å². The molecule has 0 bridgehead atoms. The van der Waals surface area contributed by atoms with E-state index in [0.29, 0.717) is 0 Å². The molecule has 2 aromatic rings. The second-order valence-electron chi connectivity index (χ2n) is 4.67. The highest BCUT2D eigenvalue weighted by molar-refractivity contribution is 8.32. The van der Waals surface area contributed by atoms with E-state index in [0.717, 1.165) is 6.54 Å². The largest absolute Gasteiger partial charge is 0.267 e. The zero-order valence-electron chi connectivity index (χ0n) is 10.1. The standard InChI is InChI=1S/C13H18N2S/c1-16(2,3)13-9-10-15(14-13)11-12-7-5-4-6-8-12/h4-10H,11H2,1-3H3. The summed E-state index contributed by atoms with van der Waals surface area (Å²) in [5.41, 5.74) is 1.29. The predicted molar refractivity (Wildman–Crippen MR) is 71.4 cm³/mol. The topological polar surface area (TPSA) is 17.8 Å². The number of hydrogen-bond acceptors (Lipinski definition) is 1. The van der Waals surface area contributed by atoms with Gasteiger partial charge in [0.2, 0.25) is 0 Å². The van der Waals surface area contributed by atoms with Gasteiger partial charge in [0, 0.05) is 6.20 Å². The number of hydrogen-bond donors (Lipinski definition) is 0. The summed E-state index contributed by atoms with van der Waals surface area (Å²) in [5.74, 6) is 0. The Morgan fingerprint density at radius 3 is 2.31 bits per heavy atom. The third-order valence-corrected chi connectivity index (χ3v) is 3.90. The molecule has 0 aliphatic carbocycles. The van der Waals surface area contributed by atoms with Crippen molar-refractivity contribution in [2.45, 2.75) is 11.6 Å². The van der Waals surface area contributed by atoms with Crippen LogP contribution in [-0.4, -0.2) is 28.5 Å². The van der Waals surface area contributed by atoms with Gasteiger partial charge in [-0.1, -0.05) is 30.3 Å². The molecular weight excluding hydrogens is 216 g/mol. The Balaban J connectivity index is 2.15. The first-order valence-corrected chi connectivity index (χ1v) is 8.17. The molecule has 86 valence electrons. The molecule has 2 rings (SSSR count). The van der Waals surface area contributed by atoms with E-state index >= 15 is 0 Å². The van der Waals surface area contributed by atoms with Gasteiger partial charge in [-0.3, -0.25) is 4.68 Å². The van der Waals surface area contributed by atoms with Crippen LogP contribution in [0.5, 0.6) is 0 Å². The van der Waals surface area contributed by atoms with Gasteiger partial charge in [0.15, 0.2) is 0 Å². The molecule has 0 aliphatic rings. The lowest BCUT2D eigenvalue weighted by atomic mass is 10.2. The summed E-state index contributed by atoms with van der Waals surface area (Å²) < 4.78 is 2.02. The van der Waals surface area contributed by atoms with Crippen molar-refractivity contribution in [1.29, 1.82) is 0 Å². The summed E-state index contributed by atoms with van der Waals surface area (Å²) in [4.78, 5) is 0. The summed E-state index contributed by atoms with van der Waals surface area (Å²) >= 11 is 0. The van der Waals surface area contributed by atoms with Crippen LogP contribution in [-0.2, 0) is 6.54 Å². The monoisotopic (exact) mass is 234 g/mol. The lowest BCUT2D eigenvalue weighted by Gasteiger charge is -2.21. The SMILES string of the molecule is CS(C)(C)c1ccn(Cc2ccccc2)n1. The van der Waals surface area contributed by atoms with E-state index in [2.05, 4.69) is 60.4 Å². The molecule has 3 heteroatoms. The predicted octanol–water partition coefficient (Wildman–Crippen LogP) is 2.98. The molecule has 0 aliphatic heterocycles. The van der Waals surface area contributed by atoms with Gasteiger partial charge in [0.1, 0.15) is 5.03 Å². The van der Waals surface area contributed by atoms with Crippen molar-refractivity contribution in [3.05, 3.63) is 48.2 Å². The van der Waals surface area contributed by atoms with E-state index < -0.39 is 10.0 Å². The highest BCUT2D eigenvalue weighted by atomic mass is 32.3. The molecule has 0 unspecified atom stereocenters. The smallest absolute Gasteiger partial charge is 0.100 e. The first kappa shape index (κ1) is 11.3. The summed E-state index contributed by atoms with van der Waals surface area (Å²) in [6.07, 6.45) is 8.87. The zero-order chi connectivity index (χ0) is 11.6. The molecule has 2 nitrogen and oxygen atoms in total. The van der Waals surface area contributed by atoms with E-state index in [4.69, 9.17) is 0 Å². The maximum Gasteiger partial charge on any atom is 0.100 e. The number of rotatable bonds is 3. The molecule has 0 saturated carbocycles. The van der Waals surface area contributed by atoms with Crippen LogP contribution >= 0.6 is 10.0 Å². The minimum Gasteiger partial charge on any atom is -0.267 e. The van der Waals surface area contributed by atoms with E-state index in [1.165, 1.54) is 10.6 Å². The molecule has 0 N–H and O–H groups in total. The van der Waals surface area contributed by atoms with Crippen LogP contribution in [0.1, 0.15) is 5.56 Å². The molecular formula is C13H18N2S. The maximum atomic E-state index is 4.63. The Kier molecular flexibility index (Phi) is 3.06. The van der Waals surface area contributed by atoms with Crippen molar-refractivity contribution in [3.8, 4) is 0 Å². The second kappa shape index (κ2) is 4.34. The molecule has 16 heavy (non-hydrogen) atoms. The van der Waals surface area contributed by atoms with Crippen molar-refractivity contribution in [2.24, 2.45) is 0 Å². The highest BCUT2D eigenvalue weighted by Crippen LogP contribution is 2.43. The molecule has 0 fully saturated rings. The van der Waals surface area contributed by atoms with Crippen molar-refractivity contribution >= 4 is 10.0 Å². The van der Waals surface area contributed by atoms with Gasteiger partial charge in [-0.05, 0) is 30.4 Å². The molecule has 0 atom stereocenters. The second-order valence-corrected chi connectivity index (χ2v) is 8.77.